The van der Waals surface area contributed by atoms with Gasteiger partial charge in [-0.2, -0.15) is 4.98 Å². The molecule has 0 atom stereocenters. The summed E-state index contributed by atoms with van der Waals surface area (Å²) in [7, 11) is 3.31. The van der Waals surface area contributed by atoms with E-state index in [9.17, 15) is 13.2 Å². The van der Waals surface area contributed by atoms with Gasteiger partial charge < -0.3 is 9.80 Å². The number of benzene rings is 1. The van der Waals surface area contributed by atoms with Crippen molar-refractivity contribution in [2.75, 3.05) is 42.7 Å². The zero-order valence-electron chi connectivity index (χ0n) is 14.8. The highest BCUT2D eigenvalue weighted by atomic mass is 32.2. The van der Waals surface area contributed by atoms with Gasteiger partial charge in [-0.1, -0.05) is 12.1 Å². The van der Waals surface area contributed by atoms with E-state index in [0.717, 1.165) is 0 Å². The molecule has 0 aliphatic carbocycles. The first-order chi connectivity index (χ1) is 11.6. The molecular weight excluding hydrogens is 342 g/mol. The zero-order chi connectivity index (χ0) is 18.8. The van der Waals surface area contributed by atoms with Gasteiger partial charge in [-0.25, -0.2) is 13.4 Å². The van der Waals surface area contributed by atoms with Crippen LogP contribution >= 0.6 is 0 Å². The molecule has 0 aliphatic heterocycles. The van der Waals surface area contributed by atoms with Gasteiger partial charge in [-0.15, -0.1) is 0 Å². The van der Waals surface area contributed by atoms with E-state index in [1.165, 1.54) is 37.4 Å². The molecule has 0 saturated carbocycles. The van der Waals surface area contributed by atoms with E-state index in [4.69, 9.17) is 0 Å². The lowest BCUT2D eigenvalue weighted by Gasteiger charge is -2.19. The summed E-state index contributed by atoms with van der Waals surface area (Å²) in [5.74, 6) is 0.791. The second-order valence-corrected chi connectivity index (χ2v) is 7.56. The Kier molecular flexibility index (Phi) is 5.27. The first-order valence-corrected chi connectivity index (χ1v) is 8.95. The van der Waals surface area contributed by atoms with Crippen molar-refractivity contribution in [2.45, 2.75) is 11.8 Å². The van der Waals surface area contributed by atoms with E-state index in [1.54, 1.807) is 38.0 Å². The molecule has 134 valence electrons. The Labute approximate surface area is 147 Å². The van der Waals surface area contributed by atoms with Crippen LogP contribution in [0.25, 0.3) is 0 Å². The maximum absolute atomic E-state index is 12.6. The molecule has 0 unspecified atom stereocenters. The topological polar surface area (TPSA) is 95.5 Å². The maximum Gasteiger partial charge on any atom is 0.262 e. The number of Topliss-reactive ketones (excluding diaryl/α,β-unsaturated/α-hetero) is 1. The third kappa shape index (κ3) is 4.24. The number of hydrogen-bond donors (Lipinski definition) is 1. The number of hydrogen-bond acceptors (Lipinski definition) is 7. The Bertz CT molecular complexity index is 877. The summed E-state index contributed by atoms with van der Waals surface area (Å²) < 4.78 is 27.7. The molecule has 1 aromatic heterocycles. The number of anilines is 3. The molecule has 8 nitrogen and oxygen atoms in total. The van der Waals surface area contributed by atoms with Gasteiger partial charge in [-0.05, 0) is 19.1 Å². The number of ketones is 1. The van der Waals surface area contributed by atoms with Crippen LogP contribution < -0.4 is 14.5 Å². The van der Waals surface area contributed by atoms with Crippen molar-refractivity contribution in [1.29, 1.82) is 0 Å². The zero-order valence-corrected chi connectivity index (χ0v) is 15.6. The average Bonchev–Trinajstić information content (AvgIpc) is 2.54. The first kappa shape index (κ1) is 18.7. The fraction of sp³-hybridized carbons (Fsp3) is 0.312. The normalized spacial score (nSPS) is 11.1. The van der Waals surface area contributed by atoms with Crippen molar-refractivity contribution < 1.29 is 13.2 Å². The highest BCUT2D eigenvalue weighted by Gasteiger charge is 2.19. The minimum absolute atomic E-state index is 0.0545. The highest BCUT2D eigenvalue weighted by Crippen LogP contribution is 2.26. The molecular formula is C16H21N5O3S. The summed E-state index contributed by atoms with van der Waals surface area (Å²) >= 11 is 0. The number of rotatable bonds is 6. The van der Waals surface area contributed by atoms with Crippen LogP contribution in [0.3, 0.4) is 0 Å². The van der Waals surface area contributed by atoms with Gasteiger partial charge in [0.05, 0.1) is 11.1 Å². The number of aromatic nitrogens is 2. The van der Waals surface area contributed by atoms with Crippen molar-refractivity contribution in [3.63, 3.8) is 0 Å². The van der Waals surface area contributed by atoms with Gasteiger partial charge in [0.15, 0.2) is 11.6 Å². The fourth-order valence-corrected chi connectivity index (χ4v) is 3.11. The van der Waals surface area contributed by atoms with Crippen LogP contribution in [0.5, 0.6) is 0 Å². The lowest BCUT2D eigenvalue weighted by atomic mass is 10.2. The van der Waals surface area contributed by atoms with E-state index in [2.05, 4.69) is 14.7 Å². The molecule has 1 aromatic carbocycles. The fourth-order valence-electron chi connectivity index (χ4n) is 2.06. The summed E-state index contributed by atoms with van der Waals surface area (Å²) in [6.45, 7) is 1.43. The Morgan fingerprint density at radius 2 is 1.64 bits per heavy atom. The van der Waals surface area contributed by atoms with Crippen LogP contribution in [0.15, 0.2) is 35.4 Å². The van der Waals surface area contributed by atoms with Crippen LogP contribution in [-0.4, -0.2) is 52.4 Å². The van der Waals surface area contributed by atoms with Crippen LogP contribution in [-0.2, 0) is 10.0 Å². The van der Waals surface area contributed by atoms with Gasteiger partial charge in [0.1, 0.15) is 5.69 Å². The number of nitrogens with one attached hydrogen (secondary N) is 1. The Morgan fingerprint density at radius 1 is 1.04 bits per heavy atom. The van der Waals surface area contributed by atoms with Gasteiger partial charge >= 0.3 is 0 Å². The summed E-state index contributed by atoms with van der Waals surface area (Å²) in [5, 5.41) is 0. The molecule has 0 aliphatic rings. The van der Waals surface area contributed by atoms with Crippen LogP contribution in [0, 0.1) is 0 Å². The third-order valence-electron chi connectivity index (χ3n) is 3.39. The molecule has 0 fully saturated rings. The largest absolute Gasteiger partial charge is 0.361 e. The molecule has 2 aromatic rings. The molecule has 2 rings (SSSR count). The van der Waals surface area contributed by atoms with Gasteiger partial charge in [0.2, 0.25) is 5.95 Å². The molecule has 0 bridgehead atoms. The van der Waals surface area contributed by atoms with E-state index in [1.807, 2.05) is 0 Å². The molecule has 1 heterocycles. The quantitative estimate of drug-likeness (QED) is 0.779. The molecule has 0 saturated heterocycles. The minimum Gasteiger partial charge on any atom is -0.361 e. The summed E-state index contributed by atoms with van der Waals surface area (Å²) in [6, 6.07) is 5.75. The Morgan fingerprint density at radius 3 is 2.12 bits per heavy atom. The van der Waals surface area contributed by atoms with Gasteiger partial charge in [0, 0.05) is 33.8 Å². The maximum atomic E-state index is 12.6. The third-order valence-corrected chi connectivity index (χ3v) is 4.78. The molecule has 0 amide bonds. The summed E-state index contributed by atoms with van der Waals surface area (Å²) in [5.41, 5.74) is 0.720. The second-order valence-electron chi connectivity index (χ2n) is 5.88. The summed E-state index contributed by atoms with van der Waals surface area (Å²) in [4.78, 5) is 23.3. The average molecular weight is 363 g/mol. The van der Waals surface area contributed by atoms with Crippen molar-refractivity contribution >= 4 is 33.3 Å². The van der Waals surface area contributed by atoms with Crippen molar-refractivity contribution in [2.24, 2.45) is 0 Å². The standard InChI is InChI=1S/C16H21N5O3S/c1-11(22)12-6-8-13(9-7-12)25(23,24)19-14-10-17-16(21(4)5)18-15(14)20(2)3/h6-10,19H,1-5H3. The van der Waals surface area contributed by atoms with Crippen LogP contribution in [0.4, 0.5) is 17.5 Å². The predicted octanol–water partition coefficient (Wildman–Crippen LogP) is 1.61. The van der Waals surface area contributed by atoms with Gasteiger partial charge in [0.25, 0.3) is 10.0 Å². The second kappa shape index (κ2) is 7.06. The van der Waals surface area contributed by atoms with Crippen LogP contribution in [0.1, 0.15) is 17.3 Å². The molecule has 1 N–H and O–H groups in total. The predicted molar refractivity (Wildman–Crippen MR) is 97.9 cm³/mol. The van der Waals surface area contributed by atoms with Crippen molar-refractivity contribution in [3.8, 4) is 0 Å². The number of carbonyl (C=O) groups excluding carboxylic acids is 1. The number of sulfonamides is 1. The van der Waals surface area contributed by atoms with E-state index >= 15 is 0 Å². The van der Waals surface area contributed by atoms with E-state index in [0.29, 0.717) is 17.3 Å². The lowest BCUT2D eigenvalue weighted by Crippen LogP contribution is -2.21. The minimum atomic E-state index is -3.83. The number of carbonyl (C=O) groups is 1. The van der Waals surface area contributed by atoms with E-state index < -0.39 is 10.0 Å². The number of nitrogens with zero attached hydrogens (tertiary/aromatic N) is 4. The lowest BCUT2D eigenvalue weighted by molar-refractivity contribution is 0.101. The van der Waals surface area contributed by atoms with Crippen molar-refractivity contribution in [1.82, 2.24) is 9.97 Å². The highest BCUT2D eigenvalue weighted by molar-refractivity contribution is 7.92. The smallest absolute Gasteiger partial charge is 0.262 e. The molecule has 0 spiro atoms. The SMILES string of the molecule is CC(=O)c1ccc(S(=O)(=O)Nc2cnc(N(C)C)nc2N(C)C)cc1. The Balaban J connectivity index is 2.38. The van der Waals surface area contributed by atoms with Crippen molar-refractivity contribution in [3.05, 3.63) is 36.0 Å². The molecule has 25 heavy (non-hydrogen) atoms. The monoisotopic (exact) mass is 363 g/mol. The molecule has 0 radical (unpaired) electrons. The summed E-state index contributed by atoms with van der Waals surface area (Å²) in [6.07, 6.45) is 1.43. The Hall–Kier alpha value is -2.68. The van der Waals surface area contributed by atoms with E-state index in [-0.39, 0.29) is 16.4 Å². The van der Waals surface area contributed by atoms with Gasteiger partial charge in [-0.3, -0.25) is 9.52 Å². The van der Waals surface area contributed by atoms with Crippen LogP contribution in [0.2, 0.25) is 0 Å². The first-order valence-electron chi connectivity index (χ1n) is 7.47. The molecule has 9 heteroatoms.